The van der Waals surface area contributed by atoms with Crippen LogP contribution in [-0.2, 0) is 9.53 Å². The largest absolute Gasteiger partial charge is 0.378 e. The zero-order valence-electron chi connectivity index (χ0n) is 13.9. The van der Waals surface area contributed by atoms with E-state index in [1.54, 1.807) is 0 Å². The maximum absolute atomic E-state index is 12.5. The number of amides is 1. The van der Waals surface area contributed by atoms with E-state index >= 15 is 0 Å². The van der Waals surface area contributed by atoms with Gasteiger partial charge in [0.15, 0.2) is 0 Å². The van der Waals surface area contributed by atoms with E-state index in [1.807, 2.05) is 35.2 Å². The van der Waals surface area contributed by atoms with Crippen molar-refractivity contribution in [2.75, 3.05) is 19.7 Å². The number of halogens is 1. The quantitative estimate of drug-likeness (QED) is 0.864. The molecular formula is C18H29ClN2O2. The second kappa shape index (κ2) is 10.6. The number of rotatable bonds is 6. The Morgan fingerprint density at radius 1 is 1.30 bits per heavy atom. The molecule has 2 unspecified atom stereocenters. The number of likely N-dealkylation sites (tertiary alicyclic amines) is 1. The van der Waals surface area contributed by atoms with E-state index in [-0.39, 0.29) is 24.4 Å². The minimum absolute atomic E-state index is 0. The fourth-order valence-corrected chi connectivity index (χ4v) is 2.90. The summed E-state index contributed by atoms with van der Waals surface area (Å²) in [6, 6.07) is 9.62. The highest BCUT2D eigenvalue weighted by Crippen LogP contribution is 2.18. The van der Waals surface area contributed by atoms with E-state index in [4.69, 9.17) is 10.5 Å². The van der Waals surface area contributed by atoms with Crippen molar-refractivity contribution in [1.82, 2.24) is 4.90 Å². The van der Waals surface area contributed by atoms with E-state index in [2.05, 4.69) is 6.92 Å². The monoisotopic (exact) mass is 340 g/mol. The first-order valence-electron chi connectivity index (χ1n) is 8.40. The van der Waals surface area contributed by atoms with Gasteiger partial charge in [0.2, 0.25) is 5.91 Å². The second-order valence-corrected chi connectivity index (χ2v) is 6.03. The van der Waals surface area contributed by atoms with Gasteiger partial charge < -0.3 is 15.4 Å². The molecule has 2 atom stereocenters. The molecule has 0 aliphatic carbocycles. The number of carbonyl (C=O) groups excluding carboxylic acids is 1. The summed E-state index contributed by atoms with van der Waals surface area (Å²) in [4.78, 5) is 14.4. The molecule has 1 saturated heterocycles. The molecule has 1 aliphatic heterocycles. The van der Waals surface area contributed by atoms with Gasteiger partial charge in [0.1, 0.15) is 0 Å². The third-order valence-electron chi connectivity index (χ3n) is 4.21. The summed E-state index contributed by atoms with van der Waals surface area (Å²) in [6.45, 7) is 4.55. The standard InChI is InChI=1S/C18H28N2O2.ClH/c1-2-13-22-16-9-6-11-20(12-10-16)18(21)14-17(19)15-7-4-3-5-8-15;/h3-5,7-8,16-17H,2,6,9-14,19H2,1H3;1H. The van der Waals surface area contributed by atoms with Crippen LogP contribution in [0.15, 0.2) is 30.3 Å². The predicted octanol–water partition coefficient (Wildman–Crippen LogP) is 3.31. The minimum atomic E-state index is -0.218. The van der Waals surface area contributed by atoms with Crippen molar-refractivity contribution in [1.29, 1.82) is 0 Å². The average Bonchev–Trinajstić information content (AvgIpc) is 2.79. The highest BCUT2D eigenvalue weighted by Gasteiger charge is 2.22. The van der Waals surface area contributed by atoms with Gasteiger partial charge in [-0.3, -0.25) is 4.79 Å². The van der Waals surface area contributed by atoms with Crippen molar-refractivity contribution < 1.29 is 9.53 Å². The van der Waals surface area contributed by atoms with Crippen molar-refractivity contribution in [3.8, 4) is 0 Å². The SMILES string of the molecule is CCCOC1CCCN(C(=O)CC(N)c2ccccc2)CC1.Cl. The first-order chi connectivity index (χ1) is 10.7. The Morgan fingerprint density at radius 3 is 2.74 bits per heavy atom. The van der Waals surface area contributed by atoms with E-state index < -0.39 is 0 Å². The van der Waals surface area contributed by atoms with E-state index in [9.17, 15) is 4.79 Å². The number of carbonyl (C=O) groups is 1. The molecule has 2 rings (SSSR count). The zero-order chi connectivity index (χ0) is 15.8. The third-order valence-corrected chi connectivity index (χ3v) is 4.21. The molecule has 1 amide bonds. The summed E-state index contributed by atoms with van der Waals surface area (Å²) in [6.07, 6.45) is 4.73. The van der Waals surface area contributed by atoms with E-state index in [0.717, 1.165) is 50.9 Å². The molecule has 2 N–H and O–H groups in total. The Balaban J connectivity index is 0.00000264. The average molecular weight is 341 g/mol. The Morgan fingerprint density at radius 2 is 2.04 bits per heavy atom. The molecule has 0 radical (unpaired) electrons. The molecule has 1 aliphatic rings. The van der Waals surface area contributed by atoms with Gasteiger partial charge in [0, 0.05) is 32.2 Å². The van der Waals surface area contributed by atoms with Crippen molar-refractivity contribution in [2.24, 2.45) is 5.73 Å². The predicted molar refractivity (Wildman–Crippen MR) is 95.7 cm³/mol. The smallest absolute Gasteiger partial charge is 0.224 e. The fraction of sp³-hybridized carbons (Fsp3) is 0.611. The molecule has 0 saturated carbocycles. The number of benzene rings is 1. The summed E-state index contributed by atoms with van der Waals surface area (Å²) in [5.41, 5.74) is 7.19. The topological polar surface area (TPSA) is 55.6 Å². The Kier molecular flexibility index (Phi) is 9.22. The Labute approximate surface area is 145 Å². The molecule has 5 heteroatoms. The van der Waals surface area contributed by atoms with Crippen molar-refractivity contribution in [2.45, 2.75) is 51.2 Å². The van der Waals surface area contributed by atoms with Crippen LogP contribution in [0.4, 0.5) is 0 Å². The molecule has 0 aromatic heterocycles. The number of hydrogen-bond donors (Lipinski definition) is 1. The summed E-state index contributed by atoms with van der Waals surface area (Å²) >= 11 is 0. The van der Waals surface area contributed by atoms with Crippen LogP contribution in [-0.4, -0.2) is 36.6 Å². The lowest BCUT2D eigenvalue weighted by Crippen LogP contribution is -2.34. The van der Waals surface area contributed by atoms with Crippen molar-refractivity contribution in [3.63, 3.8) is 0 Å². The fourth-order valence-electron chi connectivity index (χ4n) is 2.90. The zero-order valence-corrected chi connectivity index (χ0v) is 14.8. The summed E-state index contributed by atoms with van der Waals surface area (Å²) < 4.78 is 5.83. The third kappa shape index (κ3) is 6.50. The highest BCUT2D eigenvalue weighted by molar-refractivity contribution is 5.85. The van der Waals surface area contributed by atoms with Gasteiger partial charge in [-0.2, -0.15) is 0 Å². The van der Waals surface area contributed by atoms with Crippen molar-refractivity contribution >= 4 is 18.3 Å². The van der Waals surface area contributed by atoms with Gasteiger partial charge in [-0.05, 0) is 31.2 Å². The molecule has 1 heterocycles. The summed E-state index contributed by atoms with van der Waals surface area (Å²) in [5.74, 6) is 0.160. The molecule has 1 aromatic carbocycles. The van der Waals surface area contributed by atoms with Crippen LogP contribution in [0.3, 0.4) is 0 Å². The lowest BCUT2D eigenvalue weighted by atomic mass is 10.0. The highest BCUT2D eigenvalue weighted by atomic mass is 35.5. The van der Waals surface area contributed by atoms with Gasteiger partial charge >= 0.3 is 0 Å². The number of nitrogens with two attached hydrogens (primary N) is 1. The molecule has 1 fully saturated rings. The van der Waals surface area contributed by atoms with Gasteiger partial charge in [-0.1, -0.05) is 37.3 Å². The van der Waals surface area contributed by atoms with Crippen LogP contribution in [0.25, 0.3) is 0 Å². The molecule has 0 bridgehead atoms. The lowest BCUT2D eigenvalue weighted by molar-refractivity contribution is -0.131. The van der Waals surface area contributed by atoms with E-state index in [0.29, 0.717) is 12.5 Å². The van der Waals surface area contributed by atoms with Crippen LogP contribution >= 0.6 is 12.4 Å². The van der Waals surface area contributed by atoms with Gasteiger partial charge in [0.05, 0.1) is 6.10 Å². The van der Waals surface area contributed by atoms with Gasteiger partial charge in [0.25, 0.3) is 0 Å². The van der Waals surface area contributed by atoms with Crippen LogP contribution < -0.4 is 5.73 Å². The molecule has 1 aromatic rings. The van der Waals surface area contributed by atoms with Crippen LogP contribution in [0.1, 0.15) is 50.6 Å². The van der Waals surface area contributed by atoms with E-state index in [1.165, 1.54) is 0 Å². The second-order valence-electron chi connectivity index (χ2n) is 6.03. The Bertz CT molecular complexity index is 456. The molecule has 23 heavy (non-hydrogen) atoms. The maximum atomic E-state index is 12.5. The first kappa shape index (κ1) is 19.9. The molecule has 0 spiro atoms. The van der Waals surface area contributed by atoms with Crippen LogP contribution in [0, 0.1) is 0 Å². The van der Waals surface area contributed by atoms with Crippen LogP contribution in [0.2, 0.25) is 0 Å². The lowest BCUT2D eigenvalue weighted by Gasteiger charge is -2.22. The molecule has 130 valence electrons. The maximum Gasteiger partial charge on any atom is 0.224 e. The minimum Gasteiger partial charge on any atom is -0.378 e. The number of hydrogen-bond acceptors (Lipinski definition) is 3. The molecular weight excluding hydrogens is 312 g/mol. The number of ether oxygens (including phenoxy) is 1. The summed E-state index contributed by atoms with van der Waals surface area (Å²) in [5, 5.41) is 0. The summed E-state index contributed by atoms with van der Waals surface area (Å²) in [7, 11) is 0. The first-order valence-corrected chi connectivity index (χ1v) is 8.40. The Hall–Kier alpha value is -1.10. The normalized spacial score (nSPS) is 19.6. The van der Waals surface area contributed by atoms with Crippen molar-refractivity contribution in [3.05, 3.63) is 35.9 Å². The molecule has 4 nitrogen and oxygen atoms in total. The van der Waals surface area contributed by atoms with Crippen LogP contribution in [0.5, 0.6) is 0 Å². The van der Waals surface area contributed by atoms with Gasteiger partial charge in [-0.15, -0.1) is 12.4 Å². The van der Waals surface area contributed by atoms with Gasteiger partial charge in [-0.25, -0.2) is 0 Å². The number of nitrogens with zero attached hydrogens (tertiary/aromatic N) is 1.